The Morgan fingerprint density at radius 1 is 1.10 bits per heavy atom. The van der Waals surface area contributed by atoms with E-state index in [0.717, 1.165) is 12.1 Å². The van der Waals surface area contributed by atoms with Crippen LogP contribution in [-0.4, -0.2) is 44.3 Å². The lowest BCUT2D eigenvalue weighted by molar-refractivity contribution is -0.119. The lowest BCUT2D eigenvalue weighted by Gasteiger charge is -2.18. The van der Waals surface area contributed by atoms with Gasteiger partial charge in [0.2, 0.25) is 10.0 Å². The zero-order valence-corrected chi connectivity index (χ0v) is 17.4. The molecule has 0 heterocycles. The Balaban J connectivity index is 1.98. The normalized spacial score (nSPS) is 11.3. The van der Waals surface area contributed by atoms with Gasteiger partial charge in [0.15, 0.2) is 6.61 Å². The van der Waals surface area contributed by atoms with E-state index >= 15 is 0 Å². The molecule has 0 aliphatic carbocycles. The highest BCUT2D eigenvalue weighted by atomic mass is 35.5. The van der Waals surface area contributed by atoms with Crippen molar-refractivity contribution in [3.8, 4) is 0 Å². The van der Waals surface area contributed by atoms with Gasteiger partial charge in [-0.15, -0.1) is 0 Å². The molecule has 0 radical (unpaired) electrons. The Morgan fingerprint density at radius 2 is 1.72 bits per heavy atom. The highest BCUT2D eigenvalue weighted by Gasteiger charge is 2.22. The summed E-state index contributed by atoms with van der Waals surface area (Å²) in [6.45, 7) is 3.53. The van der Waals surface area contributed by atoms with E-state index in [2.05, 4.69) is 5.32 Å². The summed E-state index contributed by atoms with van der Waals surface area (Å²) in [5.74, 6) is -2.00. The molecule has 156 valence electrons. The van der Waals surface area contributed by atoms with Gasteiger partial charge < -0.3 is 10.1 Å². The number of hydrogen-bond donors (Lipinski definition) is 1. The standard InChI is InChI=1S/C19H20ClFN2O5S/c1-3-23(4-2)29(26,27)15-8-5-13(6-9-15)19(25)28-12-18(24)22-17-10-7-14(21)11-16(17)20/h5-11H,3-4,12H2,1-2H3,(H,22,24). The van der Waals surface area contributed by atoms with Crippen LogP contribution in [0.25, 0.3) is 0 Å². The first kappa shape index (κ1) is 22.8. The van der Waals surface area contributed by atoms with Gasteiger partial charge in [0, 0.05) is 13.1 Å². The SMILES string of the molecule is CCN(CC)S(=O)(=O)c1ccc(C(=O)OCC(=O)Nc2ccc(F)cc2Cl)cc1. The van der Waals surface area contributed by atoms with Crippen molar-refractivity contribution in [2.45, 2.75) is 18.7 Å². The van der Waals surface area contributed by atoms with E-state index in [1.165, 1.54) is 34.6 Å². The number of nitrogens with zero attached hydrogens (tertiary/aromatic N) is 1. The fourth-order valence-electron chi connectivity index (χ4n) is 2.47. The van der Waals surface area contributed by atoms with Gasteiger partial charge in [-0.2, -0.15) is 4.31 Å². The van der Waals surface area contributed by atoms with Crippen molar-refractivity contribution < 1.29 is 27.1 Å². The average Bonchev–Trinajstić information content (AvgIpc) is 2.69. The van der Waals surface area contributed by atoms with Crippen molar-refractivity contribution in [1.82, 2.24) is 4.31 Å². The monoisotopic (exact) mass is 442 g/mol. The fourth-order valence-corrected chi connectivity index (χ4v) is 4.14. The molecular formula is C19H20ClFN2O5S. The maximum Gasteiger partial charge on any atom is 0.338 e. The van der Waals surface area contributed by atoms with Crippen LogP contribution in [0.4, 0.5) is 10.1 Å². The molecule has 0 unspecified atom stereocenters. The number of amides is 1. The largest absolute Gasteiger partial charge is 0.452 e. The smallest absolute Gasteiger partial charge is 0.338 e. The lowest BCUT2D eigenvalue weighted by Crippen LogP contribution is -2.30. The summed E-state index contributed by atoms with van der Waals surface area (Å²) in [5, 5.41) is 2.41. The summed E-state index contributed by atoms with van der Waals surface area (Å²) < 4.78 is 44.1. The Hall–Kier alpha value is -2.49. The number of nitrogens with one attached hydrogen (secondary N) is 1. The number of esters is 1. The molecular weight excluding hydrogens is 423 g/mol. The third kappa shape index (κ3) is 5.75. The fraction of sp³-hybridized carbons (Fsp3) is 0.263. The van der Waals surface area contributed by atoms with E-state index in [1.807, 2.05) is 0 Å². The molecule has 1 N–H and O–H groups in total. The van der Waals surface area contributed by atoms with Gasteiger partial charge in [-0.1, -0.05) is 25.4 Å². The number of sulfonamides is 1. The van der Waals surface area contributed by atoms with Crippen LogP contribution >= 0.6 is 11.6 Å². The van der Waals surface area contributed by atoms with Crippen LogP contribution in [0.2, 0.25) is 5.02 Å². The minimum atomic E-state index is -3.63. The van der Waals surface area contributed by atoms with Crippen LogP contribution in [0.3, 0.4) is 0 Å². The van der Waals surface area contributed by atoms with E-state index in [0.29, 0.717) is 13.1 Å². The van der Waals surface area contributed by atoms with Crippen molar-refractivity contribution in [2.24, 2.45) is 0 Å². The third-order valence-corrected chi connectivity index (χ3v) is 6.35. The summed E-state index contributed by atoms with van der Waals surface area (Å²) >= 11 is 5.81. The van der Waals surface area contributed by atoms with Crippen LogP contribution in [0.1, 0.15) is 24.2 Å². The number of rotatable bonds is 8. The van der Waals surface area contributed by atoms with Crippen LogP contribution in [0.5, 0.6) is 0 Å². The molecule has 29 heavy (non-hydrogen) atoms. The van der Waals surface area contributed by atoms with E-state index in [-0.39, 0.29) is 21.2 Å². The lowest BCUT2D eigenvalue weighted by atomic mass is 10.2. The summed E-state index contributed by atoms with van der Waals surface area (Å²) in [7, 11) is -3.63. The quantitative estimate of drug-likeness (QED) is 0.633. The van der Waals surface area contributed by atoms with Crippen molar-refractivity contribution in [3.05, 3.63) is 58.9 Å². The van der Waals surface area contributed by atoms with Crippen molar-refractivity contribution in [2.75, 3.05) is 25.0 Å². The number of carbonyl (C=O) groups excluding carboxylic acids is 2. The van der Waals surface area contributed by atoms with Crippen LogP contribution in [0.15, 0.2) is 47.4 Å². The first-order chi connectivity index (χ1) is 13.7. The second-order valence-corrected chi connectivity index (χ2v) is 8.21. The Morgan fingerprint density at radius 3 is 2.28 bits per heavy atom. The van der Waals surface area contributed by atoms with E-state index in [4.69, 9.17) is 16.3 Å². The molecule has 0 aliphatic rings. The highest BCUT2D eigenvalue weighted by molar-refractivity contribution is 7.89. The molecule has 0 aromatic heterocycles. The first-order valence-corrected chi connectivity index (χ1v) is 10.5. The Bertz CT molecular complexity index is 992. The molecule has 2 aromatic carbocycles. The topological polar surface area (TPSA) is 92.8 Å². The zero-order chi connectivity index (χ0) is 21.6. The number of anilines is 1. The molecule has 1 amide bonds. The molecule has 10 heteroatoms. The molecule has 0 saturated carbocycles. The summed E-state index contributed by atoms with van der Waals surface area (Å²) in [4.78, 5) is 24.0. The van der Waals surface area contributed by atoms with Gasteiger partial charge in [0.05, 0.1) is 21.2 Å². The van der Waals surface area contributed by atoms with Gasteiger partial charge in [0.1, 0.15) is 5.82 Å². The average molecular weight is 443 g/mol. The molecule has 7 nitrogen and oxygen atoms in total. The van der Waals surface area contributed by atoms with Crippen molar-refractivity contribution in [1.29, 1.82) is 0 Å². The predicted molar refractivity (Wildman–Crippen MR) is 107 cm³/mol. The molecule has 2 rings (SSSR count). The van der Waals surface area contributed by atoms with Gasteiger partial charge in [-0.3, -0.25) is 4.79 Å². The van der Waals surface area contributed by atoms with Crippen molar-refractivity contribution >= 4 is 39.2 Å². The first-order valence-electron chi connectivity index (χ1n) is 8.71. The number of carbonyl (C=O) groups is 2. The summed E-state index contributed by atoms with van der Waals surface area (Å²) in [6.07, 6.45) is 0. The third-order valence-electron chi connectivity index (χ3n) is 3.97. The molecule has 0 saturated heterocycles. The molecule has 0 aliphatic heterocycles. The molecule has 2 aromatic rings. The second kappa shape index (κ2) is 9.82. The van der Waals surface area contributed by atoms with Gasteiger partial charge >= 0.3 is 5.97 Å². The molecule has 0 spiro atoms. The van der Waals surface area contributed by atoms with Gasteiger partial charge in [-0.25, -0.2) is 17.6 Å². The predicted octanol–water partition coefficient (Wildman–Crippen LogP) is 3.31. The number of hydrogen-bond acceptors (Lipinski definition) is 5. The zero-order valence-electron chi connectivity index (χ0n) is 15.8. The second-order valence-electron chi connectivity index (χ2n) is 5.86. The highest BCUT2D eigenvalue weighted by Crippen LogP contribution is 2.22. The van der Waals surface area contributed by atoms with E-state index in [1.54, 1.807) is 13.8 Å². The molecule has 0 fully saturated rings. The van der Waals surface area contributed by atoms with E-state index < -0.39 is 34.3 Å². The van der Waals surface area contributed by atoms with Gasteiger partial charge in [-0.05, 0) is 42.5 Å². The van der Waals surface area contributed by atoms with Gasteiger partial charge in [0.25, 0.3) is 5.91 Å². The van der Waals surface area contributed by atoms with E-state index in [9.17, 15) is 22.4 Å². The number of halogens is 2. The summed E-state index contributed by atoms with van der Waals surface area (Å²) in [5.41, 5.74) is 0.274. The number of benzene rings is 2. The minimum absolute atomic E-state index is 0.00896. The molecule has 0 bridgehead atoms. The maximum absolute atomic E-state index is 13.0. The Kier molecular flexibility index (Phi) is 7.72. The number of ether oxygens (including phenoxy) is 1. The molecule has 0 atom stereocenters. The van der Waals surface area contributed by atoms with Crippen molar-refractivity contribution in [3.63, 3.8) is 0 Å². The summed E-state index contributed by atoms with van der Waals surface area (Å²) in [6, 6.07) is 8.69. The van der Waals surface area contributed by atoms with Crippen LogP contribution in [0, 0.1) is 5.82 Å². The minimum Gasteiger partial charge on any atom is -0.452 e. The maximum atomic E-state index is 13.0. The van der Waals surface area contributed by atoms with Crippen LogP contribution < -0.4 is 5.32 Å². The Labute approximate surface area is 173 Å². The van der Waals surface area contributed by atoms with Crippen LogP contribution in [-0.2, 0) is 19.6 Å².